The number of aromatic nitrogens is 4. The molecule has 0 spiro atoms. The van der Waals surface area contributed by atoms with E-state index < -0.39 is 0 Å². The average Bonchev–Trinajstić information content (AvgIpc) is 2.84. The van der Waals surface area contributed by atoms with Crippen LogP contribution in [0.1, 0.15) is 11.5 Å². The first-order valence-corrected chi connectivity index (χ1v) is 7.16. The van der Waals surface area contributed by atoms with Crippen molar-refractivity contribution in [2.45, 2.75) is 13.5 Å². The molecule has 2 aromatic heterocycles. The molecule has 1 aliphatic rings. The van der Waals surface area contributed by atoms with Crippen LogP contribution >= 0.6 is 0 Å². The van der Waals surface area contributed by atoms with Gasteiger partial charge in [0.25, 0.3) is 0 Å². The van der Waals surface area contributed by atoms with E-state index in [-0.39, 0.29) is 0 Å². The molecule has 3 rings (SSSR count). The molecule has 1 fully saturated rings. The number of nitrogen functional groups attached to an aromatic ring is 1. The van der Waals surface area contributed by atoms with Crippen molar-refractivity contribution in [2.24, 2.45) is 7.05 Å². The van der Waals surface area contributed by atoms with Gasteiger partial charge in [-0.1, -0.05) is 0 Å². The highest BCUT2D eigenvalue weighted by Crippen LogP contribution is 2.16. The summed E-state index contributed by atoms with van der Waals surface area (Å²) in [5.74, 6) is 2.38. The zero-order valence-corrected chi connectivity index (χ0v) is 12.5. The highest BCUT2D eigenvalue weighted by Gasteiger charge is 2.19. The van der Waals surface area contributed by atoms with Gasteiger partial charge in [-0.15, -0.1) is 0 Å². The second-order valence-electron chi connectivity index (χ2n) is 5.44. The third kappa shape index (κ3) is 3.13. The van der Waals surface area contributed by atoms with Crippen molar-refractivity contribution in [3.8, 4) is 0 Å². The van der Waals surface area contributed by atoms with Crippen LogP contribution in [-0.4, -0.2) is 50.6 Å². The first kappa shape index (κ1) is 13.8. The van der Waals surface area contributed by atoms with E-state index in [0.29, 0.717) is 5.95 Å². The van der Waals surface area contributed by atoms with Gasteiger partial charge in [-0.3, -0.25) is 4.90 Å². The topological polar surface area (TPSA) is 76.1 Å². The molecule has 2 N–H and O–H groups in total. The first-order valence-electron chi connectivity index (χ1n) is 7.16. The molecular weight excluding hydrogens is 266 g/mol. The SMILES string of the molecule is Cc1cc(N2CCN(Cc3nccn3C)CC2)nc(N)n1. The normalized spacial score (nSPS) is 16.4. The van der Waals surface area contributed by atoms with E-state index in [4.69, 9.17) is 5.73 Å². The molecule has 0 radical (unpaired) electrons. The summed E-state index contributed by atoms with van der Waals surface area (Å²) in [5, 5.41) is 0. The number of nitrogens with zero attached hydrogens (tertiary/aromatic N) is 6. The Morgan fingerprint density at radius 2 is 1.95 bits per heavy atom. The molecule has 0 bridgehead atoms. The van der Waals surface area contributed by atoms with Crippen LogP contribution in [0.5, 0.6) is 0 Å². The minimum atomic E-state index is 0.348. The number of hydrogen-bond acceptors (Lipinski definition) is 6. The molecule has 0 aromatic carbocycles. The molecule has 21 heavy (non-hydrogen) atoms. The quantitative estimate of drug-likeness (QED) is 0.882. The maximum atomic E-state index is 5.73. The highest BCUT2D eigenvalue weighted by molar-refractivity contribution is 5.43. The lowest BCUT2D eigenvalue weighted by atomic mass is 10.3. The van der Waals surface area contributed by atoms with Crippen molar-refractivity contribution in [3.05, 3.63) is 30.0 Å². The van der Waals surface area contributed by atoms with Crippen molar-refractivity contribution < 1.29 is 0 Å². The predicted molar refractivity (Wildman–Crippen MR) is 81.9 cm³/mol. The molecule has 1 saturated heterocycles. The van der Waals surface area contributed by atoms with E-state index in [1.54, 1.807) is 0 Å². The number of piperazine rings is 1. The summed E-state index contributed by atoms with van der Waals surface area (Å²) in [4.78, 5) is 17.5. The average molecular weight is 287 g/mol. The van der Waals surface area contributed by atoms with Crippen LogP contribution in [0.3, 0.4) is 0 Å². The minimum absolute atomic E-state index is 0.348. The van der Waals surface area contributed by atoms with E-state index in [1.807, 2.05) is 32.4 Å². The lowest BCUT2D eigenvalue weighted by Crippen LogP contribution is -2.46. The van der Waals surface area contributed by atoms with Crippen LogP contribution in [0, 0.1) is 6.92 Å². The monoisotopic (exact) mass is 287 g/mol. The van der Waals surface area contributed by atoms with Gasteiger partial charge in [0.1, 0.15) is 11.6 Å². The van der Waals surface area contributed by atoms with Crippen molar-refractivity contribution in [3.63, 3.8) is 0 Å². The van der Waals surface area contributed by atoms with Gasteiger partial charge in [-0.2, -0.15) is 4.98 Å². The molecule has 7 nitrogen and oxygen atoms in total. The van der Waals surface area contributed by atoms with Gasteiger partial charge in [0.15, 0.2) is 0 Å². The van der Waals surface area contributed by atoms with Crippen molar-refractivity contribution in [2.75, 3.05) is 36.8 Å². The maximum Gasteiger partial charge on any atom is 0.222 e. The zero-order chi connectivity index (χ0) is 14.8. The Labute approximate surface area is 124 Å². The molecule has 2 aromatic rings. The third-order valence-corrected chi connectivity index (χ3v) is 3.84. The van der Waals surface area contributed by atoms with Crippen molar-refractivity contribution >= 4 is 11.8 Å². The number of imidazole rings is 1. The van der Waals surface area contributed by atoms with E-state index in [9.17, 15) is 0 Å². The van der Waals surface area contributed by atoms with Gasteiger partial charge in [-0.25, -0.2) is 9.97 Å². The first-order chi connectivity index (χ1) is 10.1. The van der Waals surface area contributed by atoms with Gasteiger partial charge in [0, 0.05) is 57.4 Å². The maximum absolute atomic E-state index is 5.73. The fraction of sp³-hybridized carbons (Fsp3) is 0.500. The molecule has 0 unspecified atom stereocenters. The van der Waals surface area contributed by atoms with Crippen LogP contribution in [-0.2, 0) is 13.6 Å². The van der Waals surface area contributed by atoms with Gasteiger partial charge in [-0.05, 0) is 6.92 Å². The number of hydrogen-bond donors (Lipinski definition) is 1. The third-order valence-electron chi connectivity index (χ3n) is 3.84. The summed E-state index contributed by atoms with van der Waals surface area (Å²) >= 11 is 0. The lowest BCUT2D eigenvalue weighted by molar-refractivity contribution is 0.241. The van der Waals surface area contributed by atoms with Crippen LogP contribution in [0.2, 0.25) is 0 Å². The van der Waals surface area contributed by atoms with Gasteiger partial charge < -0.3 is 15.2 Å². The number of nitrogens with two attached hydrogens (primary N) is 1. The van der Waals surface area contributed by atoms with E-state index in [2.05, 4.69) is 29.3 Å². The van der Waals surface area contributed by atoms with E-state index in [1.165, 1.54) is 0 Å². The molecule has 0 saturated carbocycles. The standard InChI is InChI=1S/C14H21N7/c1-11-9-12(18-14(15)17-11)21-7-5-20(6-8-21)10-13-16-3-4-19(13)2/h3-4,9H,5-8,10H2,1-2H3,(H2,15,17,18). The Morgan fingerprint density at radius 1 is 1.19 bits per heavy atom. The van der Waals surface area contributed by atoms with Gasteiger partial charge in [0.2, 0.25) is 5.95 Å². The molecule has 0 amide bonds. The second-order valence-corrected chi connectivity index (χ2v) is 5.44. The number of aryl methyl sites for hydroxylation is 2. The largest absolute Gasteiger partial charge is 0.368 e. The smallest absolute Gasteiger partial charge is 0.222 e. The van der Waals surface area contributed by atoms with Crippen molar-refractivity contribution in [1.29, 1.82) is 0 Å². The Balaban J connectivity index is 1.61. The molecule has 7 heteroatoms. The second kappa shape index (κ2) is 5.69. The number of rotatable bonds is 3. The highest BCUT2D eigenvalue weighted by atomic mass is 15.3. The van der Waals surface area contributed by atoms with Gasteiger partial charge >= 0.3 is 0 Å². The molecule has 0 atom stereocenters. The van der Waals surface area contributed by atoms with E-state index >= 15 is 0 Å². The van der Waals surface area contributed by atoms with Crippen LogP contribution in [0.15, 0.2) is 18.5 Å². The van der Waals surface area contributed by atoms with Crippen LogP contribution in [0.25, 0.3) is 0 Å². The summed E-state index contributed by atoms with van der Waals surface area (Å²) in [5.41, 5.74) is 6.64. The fourth-order valence-corrected chi connectivity index (χ4v) is 2.62. The fourth-order valence-electron chi connectivity index (χ4n) is 2.62. The Morgan fingerprint density at radius 3 is 2.57 bits per heavy atom. The number of anilines is 2. The van der Waals surface area contributed by atoms with Crippen molar-refractivity contribution in [1.82, 2.24) is 24.4 Å². The summed E-state index contributed by atoms with van der Waals surface area (Å²) in [7, 11) is 2.03. The van der Waals surface area contributed by atoms with E-state index in [0.717, 1.165) is 50.1 Å². The Kier molecular flexibility index (Phi) is 3.74. The molecule has 3 heterocycles. The summed E-state index contributed by atoms with van der Waals surface area (Å²) in [6, 6.07) is 1.99. The van der Waals surface area contributed by atoms with Crippen LogP contribution in [0.4, 0.5) is 11.8 Å². The molecular formula is C14H21N7. The zero-order valence-electron chi connectivity index (χ0n) is 12.5. The summed E-state index contributed by atoms with van der Waals surface area (Å²) in [6.45, 7) is 6.72. The van der Waals surface area contributed by atoms with Crippen LogP contribution < -0.4 is 10.6 Å². The Bertz CT molecular complexity index is 593. The molecule has 1 aliphatic heterocycles. The lowest BCUT2D eigenvalue weighted by Gasteiger charge is -2.35. The molecule has 112 valence electrons. The minimum Gasteiger partial charge on any atom is -0.368 e. The predicted octanol–water partition coefficient (Wildman–Crippen LogP) is 0.423. The summed E-state index contributed by atoms with van der Waals surface area (Å²) < 4.78 is 2.07. The summed E-state index contributed by atoms with van der Waals surface area (Å²) in [6.07, 6.45) is 3.83. The van der Waals surface area contributed by atoms with Gasteiger partial charge in [0.05, 0.1) is 6.54 Å². The Hall–Kier alpha value is -2.15. The molecule has 0 aliphatic carbocycles.